The van der Waals surface area contributed by atoms with Crippen LogP contribution in [0.4, 0.5) is 5.95 Å². The lowest BCUT2D eigenvalue weighted by molar-refractivity contribution is 0.152. The molecule has 0 aliphatic carbocycles. The Kier molecular flexibility index (Phi) is 2.65. The van der Waals surface area contributed by atoms with Gasteiger partial charge in [0, 0.05) is 7.05 Å². The lowest BCUT2D eigenvalue weighted by atomic mass is 10.2. The number of aliphatic hydroxyl groups is 1. The van der Waals surface area contributed by atoms with Gasteiger partial charge in [-0.05, 0) is 5.92 Å². The van der Waals surface area contributed by atoms with E-state index in [0.29, 0.717) is 5.95 Å². The summed E-state index contributed by atoms with van der Waals surface area (Å²) in [5, 5.41) is 16.1. The van der Waals surface area contributed by atoms with Crippen LogP contribution in [-0.4, -0.2) is 26.1 Å². The van der Waals surface area contributed by atoms with E-state index in [1.165, 1.54) is 0 Å². The number of aryl methyl sites for hydroxylation is 1. The van der Waals surface area contributed by atoms with E-state index < -0.39 is 6.23 Å². The number of hydrogen-bond acceptors (Lipinski definition) is 4. The van der Waals surface area contributed by atoms with Gasteiger partial charge in [-0.25, -0.2) is 4.98 Å². The first-order chi connectivity index (χ1) is 5.59. The number of rotatable bonds is 3. The number of nitrogens with one attached hydrogen (secondary N) is 1. The first-order valence-electron chi connectivity index (χ1n) is 3.90. The van der Waals surface area contributed by atoms with E-state index >= 15 is 0 Å². The first-order valence-corrected chi connectivity index (χ1v) is 3.90. The molecule has 5 nitrogen and oxygen atoms in total. The van der Waals surface area contributed by atoms with E-state index in [1.54, 1.807) is 18.1 Å². The quantitative estimate of drug-likeness (QED) is 0.636. The standard InChI is InChI=1S/C7H14N4O/c1-5(2)6(12)9-7-8-4-11(3)10-7/h4-6,12H,1-3H3,(H,9,10). The second kappa shape index (κ2) is 3.53. The van der Waals surface area contributed by atoms with Crippen LogP contribution in [0.3, 0.4) is 0 Å². The molecule has 0 aromatic carbocycles. The molecule has 0 bridgehead atoms. The van der Waals surface area contributed by atoms with Gasteiger partial charge in [-0.15, -0.1) is 5.10 Å². The van der Waals surface area contributed by atoms with Gasteiger partial charge < -0.3 is 10.4 Å². The van der Waals surface area contributed by atoms with E-state index in [9.17, 15) is 5.11 Å². The predicted octanol–water partition coefficient (Wildman–Crippen LogP) is 0.201. The number of hydrogen-bond donors (Lipinski definition) is 2. The molecule has 2 N–H and O–H groups in total. The maximum Gasteiger partial charge on any atom is 0.244 e. The monoisotopic (exact) mass is 170 g/mol. The molecule has 1 aromatic heterocycles. The summed E-state index contributed by atoms with van der Waals surface area (Å²) in [5.41, 5.74) is 0. The van der Waals surface area contributed by atoms with Crippen LogP contribution >= 0.6 is 0 Å². The molecule has 1 unspecified atom stereocenters. The third kappa shape index (κ3) is 2.20. The Morgan fingerprint density at radius 3 is 2.67 bits per heavy atom. The fourth-order valence-electron chi connectivity index (χ4n) is 0.704. The number of aromatic nitrogens is 3. The average molecular weight is 170 g/mol. The number of anilines is 1. The summed E-state index contributed by atoms with van der Waals surface area (Å²) in [6.45, 7) is 3.83. The summed E-state index contributed by atoms with van der Waals surface area (Å²) < 4.78 is 1.58. The summed E-state index contributed by atoms with van der Waals surface area (Å²) in [7, 11) is 1.78. The van der Waals surface area contributed by atoms with Crippen LogP contribution < -0.4 is 5.32 Å². The van der Waals surface area contributed by atoms with Crippen molar-refractivity contribution >= 4 is 5.95 Å². The van der Waals surface area contributed by atoms with E-state index in [-0.39, 0.29) is 5.92 Å². The van der Waals surface area contributed by atoms with Gasteiger partial charge in [-0.2, -0.15) is 0 Å². The van der Waals surface area contributed by atoms with Crippen LogP contribution in [0.1, 0.15) is 13.8 Å². The van der Waals surface area contributed by atoms with Crippen LogP contribution in [0.2, 0.25) is 0 Å². The highest BCUT2D eigenvalue weighted by Crippen LogP contribution is 2.04. The average Bonchev–Trinajstić information content (AvgIpc) is 2.35. The smallest absolute Gasteiger partial charge is 0.244 e. The Bertz CT molecular complexity index is 245. The summed E-state index contributed by atoms with van der Waals surface area (Å²) in [5.74, 6) is 0.604. The maximum absolute atomic E-state index is 9.39. The fourth-order valence-corrected chi connectivity index (χ4v) is 0.704. The van der Waals surface area contributed by atoms with Gasteiger partial charge in [-0.3, -0.25) is 4.68 Å². The van der Waals surface area contributed by atoms with Gasteiger partial charge in [0.15, 0.2) is 0 Å². The molecule has 68 valence electrons. The molecule has 1 rings (SSSR count). The molecule has 5 heteroatoms. The maximum atomic E-state index is 9.39. The molecule has 1 atom stereocenters. The topological polar surface area (TPSA) is 63.0 Å². The molecule has 0 aliphatic rings. The van der Waals surface area contributed by atoms with Crippen LogP contribution in [-0.2, 0) is 7.05 Å². The highest BCUT2D eigenvalue weighted by molar-refractivity contribution is 5.21. The third-order valence-electron chi connectivity index (χ3n) is 1.51. The SMILES string of the molecule is CC(C)C(O)Nc1ncn(C)n1. The molecular weight excluding hydrogens is 156 g/mol. The molecule has 1 heterocycles. The molecule has 0 saturated heterocycles. The minimum atomic E-state index is -0.590. The summed E-state index contributed by atoms with van der Waals surface area (Å²) in [6.07, 6.45) is 0.988. The largest absolute Gasteiger partial charge is 0.373 e. The fraction of sp³-hybridized carbons (Fsp3) is 0.714. The molecule has 12 heavy (non-hydrogen) atoms. The first kappa shape index (κ1) is 8.99. The zero-order valence-corrected chi connectivity index (χ0v) is 7.52. The summed E-state index contributed by atoms with van der Waals surface area (Å²) in [4.78, 5) is 3.92. The molecule has 0 saturated carbocycles. The van der Waals surface area contributed by atoms with E-state index in [2.05, 4.69) is 15.4 Å². The van der Waals surface area contributed by atoms with Crippen molar-refractivity contribution in [3.63, 3.8) is 0 Å². The van der Waals surface area contributed by atoms with Crippen LogP contribution in [0.15, 0.2) is 6.33 Å². The summed E-state index contributed by atoms with van der Waals surface area (Å²) in [6, 6.07) is 0. The van der Waals surface area contributed by atoms with E-state index in [1.807, 2.05) is 13.8 Å². The number of aliphatic hydroxyl groups excluding tert-OH is 1. The molecule has 0 aliphatic heterocycles. The molecule has 1 aromatic rings. The van der Waals surface area contributed by atoms with E-state index in [0.717, 1.165) is 0 Å². The Morgan fingerprint density at radius 1 is 1.58 bits per heavy atom. The lowest BCUT2D eigenvalue weighted by Gasteiger charge is -2.14. The minimum Gasteiger partial charge on any atom is -0.373 e. The van der Waals surface area contributed by atoms with Crippen molar-refractivity contribution < 1.29 is 5.11 Å². The normalized spacial score (nSPS) is 13.4. The zero-order valence-electron chi connectivity index (χ0n) is 7.52. The van der Waals surface area contributed by atoms with Crippen molar-refractivity contribution in [3.05, 3.63) is 6.33 Å². The van der Waals surface area contributed by atoms with Crippen molar-refractivity contribution in [2.24, 2.45) is 13.0 Å². The van der Waals surface area contributed by atoms with Crippen LogP contribution in [0.5, 0.6) is 0 Å². The van der Waals surface area contributed by atoms with Crippen molar-refractivity contribution in [1.82, 2.24) is 14.8 Å². The minimum absolute atomic E-state index is 0.147. The third-order valence-corrected chi connectivity index (χ3v) is 1.51. The molecule has 0 fully saturated rings. The van der Waals surface area contributed by atoms with Crippen LogP contribution in [0, 0.1) is 5.92 Å². The van der Waals surface area contributed by atoms with Gasteiger partial charge in [0.1, 0.15) is 12.6 Å². The predicted molar refractivity (Wildman–Crippen MR) is 45.5 cm³/mol. The van der Waals surface area contributed by atoms with Crippen LogP contribution in [0.25, 0.3) is 0 Å². The molecule has 0 spiro atoms. The Morgan fingerprint density at radius 2 is 2.25 bits per heavy atom. The Balaban J connectivity index is 2.52. The highest BCUT2D eigenvalue weighted by atomic mass is 16.3. The van der Waals surface area contributed by atoms with Gasteiger partial charge in [0.25, 0.3) is 0 Å². The van der Waals surface area contributed by atoms with E-state index in [4.69, 9.17) is 0 Å². The highest BCUT2D eigenvalue weighted by Gasteiger charge is 2.09. The Labute approximate surface area is 71.4 Å². The van der Waals surface area contributed by atoms with Crippen molar-refractivity contribution in [1.29, 1.82) is 0 Å². The van der Waals surface area contributed by atoms with Gasteiger partial charge in [0.2, 0.25) is 5.95 Å². The van der Waals surface area contributed by atoms with Crippen molar-refractivity contribution in [2.75, 3.05) is 5.32 Å². The van der Waals surface area contributed by atoms with Gasteiger partial charge >= 0.3 is 0 Å². The molecule has 0 amide bonds. The summed E-state index contributed by atoms with van der Waals surface area (Å²) >= 11 is 0. The van der Waals surface area contributed by atoms with Crippen molar-refractivity contribution in [2.45, 2.75) is 20.1 Å². The molecular formula is C7H14N4O. The zero-order chi connectivity index (χ0) is 9.14. The number of nitrogens with zero attached hydrogens (tertiary/aromatic N) is 3. The van der Waals surface area contributed by atoms with Crippen molar-refractivity contribution in [3.8, 4) is 0 Å². The lowest BCUT2D eigenvalue weighted by Crippen LogP contribution is -2.25. The van der Waals surface area contributed by atoms with Gasteiger partial charge in [-0.1, -0.05) is 13.8 Å². The second-order valence-corrected chi connectivity index (χ2v) is 3.08. The van der Waals surface area contributed by atoms with Gasteiger partial charge in [0.05, 0.1) is 0 Å². The second-order valence-electron chi connectivity index (χ2n) is 3.08. The Hall–Kier alpha value is -1.10. The molecule has 0 radical (unpaired) electrons.